The van der Waals surface area contributed by atoms with E-state index in [1.165, 1.54) is 36.8 Å². The van der Waals surface area contributed by atoms with Crippen LogP contribution in [0.15, 0.2) is 85.2 Å². The number of carbonyl (C=O) groups is 1. The second kappa shape index (κ2) is 11.7. The lowest BCUT2D eigenvalue weighted by atomic mass is 9.76. The van der Waals surface area contributed by atoms with Gasteiger partial charge in [0.2, 0.25) is 0 Å². The van der Waals surface area contributed by atoms with Gasteiger partial charge >= 0.3 is 5.97 Å². The van der Waals surface area contributed by atoms with Crippen molar-refractivity contribution in [2.75, 3.05) is 0 Å². The van der Waals surface area contributed by atoms with E-state index in [2.05, 4.69) is 68.3 Å². The first-order valence-electron chi connectivity index (χ1n) is 11.8. The maximum Gasteiger partial charge on any atom is 0.333 e. The van der Waals surface area contributed by atoms with Crippen molar-refractivity contribution in [1.82, 2.24) is 0 Å². The summed E-state index contributed by atoms with van der Waals surface area (Å²) < 4.78 is 10.9. The van der Waals surface area contributed by atoms with Gasteiger partial charge in [0, 0.05) is 5.57 Å². The summed E-state index contributed by atoms with van der Waals surface area (Å²) in [6.45, 7) is 15.7. The van der Waals surface area contributed by atoms with E-state index in [4.69, 9.17) is 9.47 Å². The third kappa shape index (κ3) is 7.49. The van der Waals surface area contributed by atoms with Crippen LogP contribution in [0.25, 0.3) is 0 Å². The van der Waals surface area contributed by atoms with E-state index in [1.54, 1.807) is 6.92 Å². The normalized spacial score (nSPS) is 17.8. The van der Waals surface area contributed by atoms with Crippen LogP contribution in [0.2, 0.25) is 0 Å². The molecule has 174 valence electrons. The topological polar surface area (TPSA) is 35.5 Å². The number of hydrogen-bond acceptors (Lipinski definition) is 3. The van der Waals surface area contributed by atoms with E-state index >= 15 is 0 Å². The zero-order valence-corrected chi connectivity index (χ0v) is 20.1. The molecule has 0 radical (unpaired) electrons. The average molecular weight is 445 g/mol. The minimum absolute atomic E-state index is 0.298. The van der Waals surface area contributed by atoms with E-state index < -0.39 is 0 Å². The number of allylic oxidation sites excluding steroid dienone is 1. The van der Waals surface area contributed by atoms with Gasteiger partial charge < -0.3 is 9.47 Å². The summed E-state index contributed by atoms with van der Waals surface area (Å²) in [5.74, 6) is 1.67. The van der Waals surface area contributed by atoms with E-state index in [9.17, 15) is 4.79 Å². The van der Waals surface area contributed by atoms with Crippen molar-refractivity contribution in [3.8, 4) is 0 Å². The van der Waals surface area contributed by atoms with Crippen LogP contribution in [0.4, 0.5) is 0 Å². The molecule has 0 N–H and O–H groups in total. The van der Waals surface area contributed by atoms with Gasteiger partial charge in [-0.15, -0.1) is 0 Å². The van der Waals surface area contributed by atoms with Crippen molar-refractivity contribution in [3.63, 3.8) is 0 Å². The summed E-state index contributed by atoms with van der Waals surface area (Å²) in [7, 11) is 0. The largest absolute Gasteiger partial charge is 0.489 e. The van der Waals surface area contributed by atoms with E-state index in [0.29, 0.717) is 30.5 Å². The summed E-state index contributed by atoms with van der Waals surface area (Å²) >= 11 is 0. The van der Waals surface area contributed by atoms with Crippen molar-refractivity contribution in [2.24, 2.45) is 5.92 Å². The SMILES string of the molecule is C=C(C)C(=C)OCc1ccc(CC2CCC(c3ccc(COC(=O)C(=C)C)cc3)CC2)cc1. The fraction of sp³-hybridized carbons (Fsp3) is 0.367. The highest BCUT2D eigenvalue weighted by Gasteiger charge is 2.22. The lowest BCUT2D eigenvalue weighted by molar-refractivity contribution is -0.140. The number of ether oxygens (including phenoxy) is 2. The lowest BCUT2D eigenvalue weighted by Crippen LogP contribution is -2.15. The molecule has 0 aromatic heterocycles. The van der Waals surface area contributed by atoms with Crippen LogP contribution in [-0.4, -0.2) is 5.97 Å². The summed E-state index contributed by atoms with van der Waals surface area (Å²) in [4.78, 5) is 11.6. The number of benzene rings is 2. The monoisotopic (exact) mass is 444 g/mol. The summed E-state index contributed by atoms with van der Waals surface area (Å²) in [5.41, 5.74) is 6.25. The van der Waals surface area contributed by atoms with E-state index in [-0.39, 0.29) is 5.97 Å². The molecule has 0 spiro atoms. The Morgan fingerprint density at radius 3 is 1.82 bits per heavy atom. The van der Waals surface area contributed by atoms with Gasteiger partial charge in [0.1, 0.15) is 19.0 Å². The molecular formula is C30H36O3. The molecule has 33 heavy (non-hydrogen) atoms. The molecular weight excluding hydrogens is 408 g/mol. The second-order valence-electron chi connectivity index (χ2n) is 9.33. The first-order valence-corrected chi connectivity index (χ1v) is 11.8. The molecule has 3 heteroatoms. The average Bonchev–Trinajstić information content (AvgIpc) is 2.82. The van der Waals surface area contributed by atoms with Gasteiger partial charge in [-0.05, 0) is 85.6 Å². The molecule has 2 aromatic carbocycles. The van der Waals surface area contributed by atoms with Gasteiger partial charge in [0.15, 0.2) is 0 Å². The van der Waals surface area contributed by atoms with Crippen LogP contribution in [0, 0.1) is 5.92 Å². The fourth-order valence-electron chi connectivity index (χ4n) is 4.26. The molecule has 0 amide bonds. The molecule has 0 bridgehead atoms. The van der Waals surface area contributed by atoms with Crippen molar-refractivity contribution < 1.29 is 14.3 Å². The van der Waals surface area contributed by atoms with Crippen molar-refractivity contribution in [1.29, 1.82) is 0 Å². The second-order valence-corrected chi connectivity index (χ2v) is 9.33. The van der Waals surface area contributed by atoms with Gasteiger partial charge in [-0.25, -0.2) is 4.79 Å². The Bertz CT molecular complexity index is 974. The molecule has 0 atom stereocenters. The Kier molecular flexibility index (Phi) is 8.71. The predicted octanol–water partition coefficient (Wildman–Crippen LogP) is 7.43. The highest BCUT2D eigenvalue weighted by molar-refractivity contribution is 5.86. The lowest BCUT2D eigenvalue weighted by Gasteiger charge is -2.29. The predicted molar refractivity (Wildman–Crippen MR) is 135 cm³/mol. The van der Waals surface area contributed by atoms with Gasteiger partial charge in [-0.3, -0.25) is 0 Å². The molecule has 3 nitrogen and oxygen atoms in total. The highest BCUT2D eigenvalue weighted by Crippen LogP contribution is 2.37. The first kappa shape index (κ1) is 24.6. The van der Waals surface area contributed by atoms with E-state index in [0.717, 1.165) is 29.0 Å². The van der Waals surface area contributed by atoms with Crippen LogP contribution in [0.3, 0.4) is 0 Å². The molecule has 1 saturated carbocycles. The van der Waals surface area contributed by atoms with Gasteiger partial charge in [-0.1, -0.05) is 68.3 Å². The third-order valence-electron chi connectivity index (χ3n) is 6.45. The minimum Gasteiger partial charge on any atom is -0.489 e. The third-order valence-corrected chi connectivity index (χ3v) is 6.45. The number of esters is 1. The van der Waals surface area contributed by atoms with Crippen LogP contribution in [0.5, 0.6) is 0 Å². The smallest absolute Gasteiger partial charge is 0.333 e. The standard InChI is InChI=1S/C30H36O3/c1-21(2)23(5)32-19-26-8-6-24(7-9-26)18-25-10-14-28(15-11-25)29-16-12-27(13-17-29)20-33-30(31)22(3)4/h6-9,12-13,16-17,25,28H,1,3,5,10-11,14-15,18-20H2,2,4H3. The van der Waals surface area contributed by atoms with Crippen LogP contribution in [-0.2, 0) is 33.9 Å². The summed E-state index contributed by atoms with van der Waals surface area (Å²) in [5, 5.41) is 0. The fourth-order valence-corrected chi connectivity index (χ4v) is 4.26. The first-order chi connectivity index (χ1) is 15.8. The molecule has 3 rings (SSSR count). The molecule has 0 saturated heterocycles. The van der Waals surface area contributed by atoms with Crippen LogP contribution >= 0.6 is 0 Å². The Morgan fingerprint density at radius 1 is 0.758 bits per heavy atom. The minimum atomic E-state index is -0.339. The number of carbonyl (C=O) groups excluding carboxylic acids is 1. The van der Waals surface area contributed by atoms with Crippen molar-refractivity contribution in [3.05, 3.63) is 107 Å². The number of rotatable bonds is 10. The Labute approximate surface area is 198 Å². The maximum atomic E-state index is 11.6. The summed E-state index contributed by atoms with van der Waals surface area (Å²) in [6.07, 6.45) is 6.10. The maximum absolute atomic E-state index is 11.6. The zero-order chi connectivity index (χ0) is 23.8. The molecule has 1 aliphatic carbocycles. The van der Waals surface area contributed by atoms with E-state index in [1.807, 2.05) is 6.92 Å². The van der Waals surface area contributed by atoms with Gasteiger partial charge in [-0.2, -0.15) is 0 Å². The molecule has 2 aromatic rings. The quantitative estimate of drug-likeness (QED) is 0.165. The highest BCUT2D eigenvalue weighted by atomic mass is 16.5. The molecule has 0 unspecified atom stereocenters. The summed E-state index contributed by atoms with van der Waals surface area (Å²) in [6, 6.07) is 17.3. The Balaban J connectivity index is 1.43. The Hall–Kier alpha value is -3.07. The van der Waals surface area contributed by atoms with Gasteiger partial charge in [0.25, 0.3) is 0 Å². The molecule has 1 fully saturated rings. The Morgan fingerprint density at radius 2 is 1.27 bits per heavy atom. The molecule has 0 heterocycles. The van der Waals surface area contributed by atoms with Crippen LogP contribution in [0.1, 0.15) is 67.7 Å². The van der Waals surface area contributed by atoms with Gasteiger partial charge in [0.05, 0.1) is 0 Å². The van der Waals surface area contributed by atoms with Crippen molar-refractivity contribution >= 4 is 5.97 Å². The molecule has 0 aliphatic heterocycles. The zero-order valence-electron chi connectivity index (χ0n) is 20.1. The number of hydrogen-bond donors (Lipinski definition) is 0. The van der Waals surface area contributed by atoms with Crippen LogP contribution < -0.4 is 0 Å². The van der Waals surface area contributed by atoms with Crippen molar-refractivity contribution in [2.45, 2.75) is 65.1 Å². The molecule has 1 aliphatic rings.